The van der Waals surface area contributed by atoms with Gasteiger partial charge in [0, 0.05) is 49.0 Å². The van der Waals surface area contributed by atoms with Crippen LogP contribution in [0.15, 0.2) is 60.0 Å². The van der Waals surface area contributed by atoms with Gasteiger partial charge in [0.1, 0.15) is 0 Å². The smallest absolute Gasteiger partial charge is 0.254 e. The number of amides is 2. The number of nitrogens with one attached hydrogen (secondary N) is 1. The molecule has 0 aliphatic heterocycles. The van der Waals surface area contributed by atoms with Gasteiger partial charge in [0.2, 0.25) is 5.91 Å². The Bertz CT molecular complexity index is 1090. The topological polar surface area (TPSA) is 52.7 Å². The van der Waals surface area contributed by atoms with Crippen LogP contribution in [0.5, 0.6) is 0 Å². The number of aryl methyl sites for hydroxylation is 1. The van der Waals surface area contributed by atoms with Crippen molar-refractivity contribution in [1.82, 2.24) is 4.90 Å². The van der Waals surface area contributed by atoms with Crippen LogP contribution in [0.1, 0.15) is 40.2 Å². The molecule has 2 amide bonds. The molecule has 1 N–H and O–H groups in total. The third-order valence-electron chi connectivity index (χ3n) is 5.26. The van der Waals surface area contributed by atoms with Gasteiger partial charge in [-0.25, -0.2) is 0 Å². The summed E-state index contributed by atoms with van der Waals surface area (Å²) in [7, 11) is 3.98. The Hall–Kier alpha value is -3.12. The minimum absolute atomic E-state index is 0.0178. The lowest BCUT2D eigenvalue weighted by atomic mass is 10.1. The Kier molecular flexibility index (Phi) is 8.28. The van der Waals surface area contributed by atoms with E-state index in [0.717, 1.165) is 27.4 Å². The lowest BCUT2D eigenvalue weighted by Gasteiger charge is -2.28. The third kappa shape index (κ3) is 6.93. The second kappa shape index (κ2) is 11.1. The molecule has 3 rings (SSSR count). The van der Waals surface area contributed by atoms with E-state index in [2.05, 4.69) is 19.2 Å². The van der Waals surface area contributed by atoms with Crippen LogP contribution in [0, 0.1) is 12.8 Å². The fourth-order valence-corrected chi connectivity index (χ4v) is 4.53. The average molecular weight is 464 g/mol. The van der Waals surface area contributed by atoms with Crippen LogP contribution in [0.2, 0.25) is 0 Å². The highest BCUT2D eigenvalue weighted by atomic mass is 32.1. The first-order valence-corrected chi connectivity index (χ1v) is 12.1. The van der Waals surface area contributed by atoms with Crippen molar-refractivity contribution in [3.63, 3.8) is 0 Å². The fraction of sp³-hybridized carbons (Fsp3) is 0.333. The van der Waals surface area contributed by atoms with E-state index in [1.807, 2.05) is 90.8 Å². The summed E-state index contributed by atoms with van der Waals surface area (Å²) in [4.78, 5) is 30.9. The van der Waals surface area contributed by atoms with E-state index >= 15 is 0 Å². The summed E-state index contributed by atoms with van der Waals surface area (Å²) in [5.74, 6) is 0.301. The molecule has 0 aliphatic rings. The number of rotatable bonds is 9. The third-order valence-corrected chi connectivity index (χ3v) is 6.14. The zero-order valence-corrected chi connectivity index (χ0v) is 20.9. The largest absolute Gasteiger partial charge is 0.377 e. The Morgan fingerprint density at radius 3 is 2.45 bits per heavy atom. The molecule has 1 aromatic heterocycles. The number of anilines is 2. The standard InChI is InChI=1S/C27H33N3O2S/c1-19(2)17-30(27(32)21-9-6-8-20(3)14-21)18-22-15-23(11-12-25(22)29(4)5)28-26(31)16-24-10-7-13-33-24/h6-15,19H,16-18H2,1-5H3,(H,28,31). The highest BCUT2D eigenvalue weighted by Gasteiger charge is 2.20. The van der Waals surface area contributed by atoms with Crippen molar-refractivity contribution < 1.29 is 9.59 Å². The molecule has 0 saturated heterocycles. The Morgan fingerprint density at radius 2 is 1.82 bits per heavy atom. The first kappa shape index (κ1) is 24.5. The molecule has 5 nitrogen and oxygen atoms in total. The van der Waals surface area contributed by atoms with Gasteiger partial charge in [-0.05, 0) is 60.2 Å². The summed E-state index contributed by atoms with van der Waals surface area (Å²) in [5.41, 5.74) is 4.52. The van der Waals surface area contributed by atoms with Gasteiger partial charge in [-0.1, -0.05) is 37.6 Å². The summed E-state index contributed by atoms with van der Waals surface area (Å²) >= 11 is 1.58. The van der Waals surface area contributed by atoms with E-state index in [-0.39, 0.29) is 11.8 Å². The molecule has 6 heteroatoms. The number of benzene rings is 2. The van der Waals surface area contributed by atoms with Gasteiger partial charge >= 0.3 is 0 Å². The predicted octanol–water partition coefficient (Wildman–Crippen LogP) is 5.60. The van der Waals surface area contributed by atoms with Crippen molar-refractivity contribution in [3.05, 3.63) is 81.5 Å². The van der Waals surface area contributed by atoms with E-state index in [0.29, 0.717) is 31.0 Å². The number of hydrogen-bond acceptors (Lipinski definition) is 4. The van der Waals surface area contributed by atoms with Gasteiger partial charge in [0.15, 0.2) is 0 Å². The van der Waals surface area contributed by atoms with Gasteiger partial charge in [-0.15, -0.1) is 11.3 Å². The lowest BCUT2D eigenvalue weighted by Crippen LogP contribution is -2.34. The van der Waals surface area contributed by atoms with Crippen molar-refractivity contribution >= 4 is 34.5 Å². The molecule has 33 heavy (non-hydrogen) atoms. The molecule has 0 radical (unpaired) electrons. The lowest BCUT2D eigenvalue weighted by molar-refractivity contribution is -0.115. The Balaban J connectivity index is 1.86. The second-order valence-corrected chi connectivity index (χ2v) is 10.0. The number of hydrogen-bond donors (Lipinski definition) is 1. The highest BCUT2D eigenvalue weighted by molar-refractivity contribution is 7.10. The Labute approximate surface area is 201 Å². The molecule has 1 heterocycles. The van der Waals surface area contributed by atoms with Crippen LogP contribution in [0.25, 0.3) is 0 Å². The van der Waals surface area contributed by atoms with Crippen LogP contribution < -0.4 is 10.2 Å². The maximum Gasteiger partial charge on any atom is 0.254 e. The van der Waals surface area contributed by atoms with Crippen molar-refractivity contribution in [2.45, 2.75) is 33.7 Å². The maximum atomic E-state index is 13.4. The molecule has 2 aromatic carbocycles. The van der Waals surface area contributed by atoms with Gasteiger partial charge in [-0.3, -0.25) is 9.59 Å². The van der Waals surface area contributed by atoms with Crippen molar-refractivity contribution in [2.75, 3.05) is 30.9 Å². The Morgan fingerprint density at radius 1 is 1.03 bits per heavy atom. The number of carbonyl (C=O) groups is 2. The zero-order chi connectivity index (χ0) is 24.0. The minimum Gasteiger partial charge on any atom is -0.377 e. The average Bonchev–Trinajstić information content (AvgIpc) is 3.25. The van der Waals surface area contributed by atoms with E-state index in [9.17, 15) is 9.59 Å². The molecular weight excluding hydrogens is 430 g/mol. The van der Waals surface area contributed by atoms with Gasteiger partial charge in [0.25, 0.3) is 5.91 Å². The van der Waals surface area contributed by atoms with Crippen molar-refractivity contribution in [2.24, 2.45) is 5.92 Å². The zero-order valence-electron chi connectivity index (χ0n) is 20.1. The minimum atomic E-state index is -0.0455. The first-order chi connectivity index (χ1) is 15.7. The summed E-state index contributed by atoms with van der Waals surface area (Å²) in [6.07, 6.45) is 0.355. The van der Waals surface area contributed by atoms with Gasteiger partial charge in [0.05, 0.1) is 6.42 Å². The van der Waals surface area contributed by atoms with E-state index in [4.69, 9.17) is 0 Å². The molecular formula is C27H33N3O2S. The van der Waals surface area contributed by atoms with E-state index in [1.54, 1.807) is 11.3 Å². The van der Waals surface area contributed by atoms with E-state index < -0.39 is 0 Å². The molecule has 0 atom stereocenters. The van der Waals surface area contributed by atoms with Crippen LogP contribution >= 0.6 is 11.3 Å². The maximum absolute atomic E-state index is 13.4. The van der Waals surface area contributed by atoms with Crippen molar-refractivity contribution in [3.8, 4) is 0 Å². The molecule has 0 spiro atoms. The normalized spacial score (nSPS) is 10.8. The fourth-order valence-electron chi connectivity index (χ4n) is 3.83. The van der Waals surface area contributed by atoms with Crippen LogP contribution in [-0.4, -0.2) is 37.4 Å². The SMILES string of the molecule is Cc1cccc(C(=O)N(Cc2cc(NC(=O)Cc3cccs3)ccc2N(C)C)CC(C)C)c1. The molecule has 0 fully saturated rings. The molecule has 0 bridgehead atoms. The first-order valence-electron chi connectivity index (χ1n) is 11.2. The number of nitrogens with zero attached hydrogens (tertiary/aromatic N) is 2. The summed E-state index contributed by atoms with van der Waals surface area (Å²) < 4.78 is 0. The highest BCUT2D eigenvalue weighted by Crippen LogP contribution is 2.26. The monoisotopic (exact) mass is 463 g/mol. The summed E-state index contributed by atoms with van der Waals surface area (Å²) in [5, 5.41) is 4.99. The molecule has 0 aliphatic carbocycles. The molecule has 174 valence electrons. The quantitative estimate of drug-likeness (QED) is 0.449. The number of thiophene rings is 1. The molecule has 0 unspecified atom stereocenters. The van der Waals surface area contributed by atoms with Gasteiger partial charge < -0.3 is 15.1 Å². The molecule has 0 saturated carbocycles. The van der Waals surface area contributed by atoms with Crippen LogP contribution in [0.4, 0.5) is 11.4 Å². The van der Waals surface area contributed by atoms with Crippen LogP contribution in [-0.2, 0) is 17.8 Å². The molecule has 3 aromatic rings. The summed E-state index contributed by atoms with van der Waals surface area (Å²) in [6.45, 7) is 7.34. The van der Waals surface area contributed by atoms with Crippen LogP contribution in [0.3, 0.4) is 0 Å². The predicted molar refractivity (Wildman–Crippen MR) is 138 cm³/mol. The second-order valence-electron chi connectivity index (χ2n) is 8.99. The van der Waals surface area contributed by atoms with E-state index in [1.165, 1.54) is 0 Å². The number of carbonyl (C=O) groups excluding carboxylic acids is 2. The van der Waals surface area contributed by atoms with Gasteiger partial charge in [-0.2, -0.15) is 0 Å². The summed E-state index contributed by atoms with van der Waals surface area (Å²) in [6, 6.07) is 17.5. The van der Waals surface area contributed by atoms with Crippen molar-refractivity contribution in [1.29, 1.82) is 0 Å².